The summed E-state index contributed by atoms with van der Waals surface area (Å²) in [6.45, 7) is 2.28. The van der Waals surface area contributed by atoms with Gasteiger partial charge in [0.25, 0.3) is 5.19 Å². The van der Waals surface area contributed by atoms with Crippen LogP contribution in [0.5, 0.6) is 5.19 Å². The molecule has 1 aliphatic rings. The number of rotatable bonds is 5. The summed E-state index contributed by atoms with van der Waals surface area (Å²) in [5.41, 5.74) is 0. The lowest BCUT2D eigenvalue weighted by Gasteiger charge is -2.38. The number of aromatic nitrogens is 1. The number of thiazole rings is 1. The minimum absolute atomic E-state index is 0.0642. The lowest BCUT2D eigenvalue weighted by atomic mass is 10.2. The number of hydrogen-bond acceptors (Lipinski definition) is 5. The molecule has 0 radical (unpaired) electrons. The summed E-state index contributed by atoms with van der Waals surface area (Å²) in [5, 5.41) is 5.28. The minimum Gasteiger partial charge on any atom is -0.463 e. The van der Waals surface area contributed by atoms with E-state index in [1.165, 1.54) is 11.3 Å². The fraction of sp³-hybridized carbons (Fsp3) is 0.600. The molecular formula is C10H15N3O3S. The normalized spacial score (nSPS) is 15.5. The Morgan fingerprint density at radius 3 is 3.18 bits per heavy atom. The number of amides is 2. The number of methoxy groups -OCH3 is 1. The Kier molecular flexibility index (Phi) is 4.16. The fourth-order valence-electron chi connectivity index (χ4n) is 1.46. The van der Waals surface area contributed by atoms with Gasteiger partial charge in [0.1, 0.15) is 6.10 Å². The number of carbonyl (C=O) groups excluding carboxylic acids is 1. The Bertz CT molecular complexity index is 352. The summed E-state index contributed by atoms with van der Waals surface area (Å²) >= 11 is 1.46. The van der Waals surface area contributed by atoms with Crippen molar-refractivity contribution < 1.29 is 14.3 Å². The van der Waals surface area contributed by atoms with Crippen LogP contribution in [-0.2, 0) is 4.74 Å². The van der Waals surface area contributed by atoms with Gasteiger partial charge in [-0.3, -0.25) is 0 Å². The van der Waals surface area contributed by atoms with E-state index < -0.39 is 0 Å². The van der Waals surface area contributed by atoms with Gasteiger partial charge < -0.3 is 19.7 Å². The van der Waals surface area contributed by atoms with Crippen molar-refractivity contribution in [2.24, 2.45) is 0 Å². The van der Waals surface area contributed by atoms with E-state index in [4.69, 9.17) is 9.47 Å². The predicted octanol–water partition coefficient (Wildman–Crippen LogP) is 0.562. The van der Waals surface area contributed by atoms with Gasteiger partial charge >= 0.3 is 6.03 Å². The molecule has 7 heteroatoms. The summed E-state index contributed by atoms with van der Waals surface area (Å²) in [4.78, 5) is 17.3. The second-order valence-corrected chi connectivity index (χ2v) is 4.52. The van der Waals surface area contributed by atoms with E-state index in [0.717, 1.165) is 0 Å². The van der Waals surface area contributed by atoms with Gasteiger partial charge in [-0.1, -0.05) is 11.3 Å². The molecular weight excluding hydrogens is 242 g/mol. The maximum absolute atomic E-state index is 11.5. The Morgan fingerprint density at radius 1 is 1.71 bits per heavy atom. The number of nitrogens with one attached hydrogen (secondary N) is 1. The molecule has 1 aromatic rings. The second-order valence-electron chi connectivity index (χ2n) is 3.67. The van der Waals surface area contributed by atoms with Crippen molar-refractivity contribution in [3.63, 3.8) is 0 Å². The lowest BCUT2D eigenvalue weighted by molar-refractivity contribution is 0.0437. The zero-order chi connectivity index (χ0) is 12.1. The Morgan fingerprint density at radius 2 is 2.53 bits per heavy atom. The lowest BCUT2D eigenvalue weighted by Crippen LogP contribution is -2.59. The summed E-state index contributed by atoms with van der Waals surface area (Å²) in [6, 6.07) is -0.0685. The molecule has 1 aliphatic heterocycles. The van der Waals surface area contributed by atoms with E-state index in [1.54, 1.807) is 18.2 Å². The van der Waals surface area contributed by atoms with Gasteiger partial charge in [0.05, 0.1) is 19.7 Å². The molecule has 0 atom stereocenters. The predicted molar refractivity (Wildman–Crippen MR) is 63.4 cm³/mol. The molecule has 0 unspecified atom stereocenters. The standard InChI is InChI=1S/C10H15N3O3S/c1-15-4-2-11-9(14)13-6-8(7-13)16-10-12-3-5-17-10/h3,5,8H,2,4,6-7H2,1H3,(H,11,14). The summed E-state index contributed by atoms with van der Waals surface area (Å²) in [5.74, 6) is 0. The van der Waals surface area contributed by atoms with Gasteiger partial charge in [-0.05, 0) is 0 Å². The second kappa shape index (κ2) is 5.83. The highest BCUT2D eigenvalue weighted by atomic mass is 32.1. The van der Waals surface area contributed by atoms with E-state index in [2.05, 4.69) is 10.3 Å². The quantitative estimate of drug-likeness (QED) is 0.783. The third kappa shape index (κ3) is 3.31. The zero-order valence-corrected chi connectivity index (χ0v) is 10.4. The molecule has 0 aromatic carbocycles. The van der Waals surface area contributed by atoms with Crippen LogP contribution >= 0.6 is 11.3 Å². The first-order valence-electron chi connectivity index (χ1n) is 5.37. The molecule has 2 rings (SSSR count). The Balaban J connectivity index is 1.63. The molecule has 17 heavy (non-hydrogen) atoms. The average Bonchev–Trinajstić information content (AvgIpc) is 2.75. The number of nitrogens with zero attached hydrogens (tertiary/aromatic N) is 2. The van der Waals surface area contributed by atoms with Crippen molar-refractivity contribution in [1.82, 2.24) is 15.2 Å². The zero-order valence-electron chi connectivity index (χ0n) is 9.59. The monoisotopic (exact) mass is 257 g/mol. The van der Waals surface area contributed by atoms with Crippen molar-refractivity contribution in [2.75, 3.05) is 33.4 Å². The van der Waals surface area contributed by atoms with Crippen LogP contribution in [0.15, 0.2) is 11.6 Å². The largest absolute Gasteiger partial charge is 0.463 e. The third-order valence-electron chi connectivity index (χ3n) is 2.39. The molecule has 1 N–H and O–H groups in total. The van der Waals surface area contributed by atoms with Crippen molar-refractivity contribution in [3.8, 4) is 5.19 Å². The summed E-state index contributed by atoms with van der Waals surface area (Å²) < 4.78 is 10.4. The highest BCUT2D eigenvalue weighted by molar-refractivity contribution is 7.11. The molecule has 2 heterocycles. The van der Waals surface area contributed by atoms with Crippen LogP contribution in [0.3, 0.4) is 0 Å². The first-order valence-corrected chi connectivity index (χ1v) is 6.25. The van der Waals surface area contributed by atoms with E-state index in [-0.39, 0.29) is 12.1 Å². The topological polar surface area (TPSA) is 63.7 Å². The molecule has 0 saturated carbocycles. The molecule has 2 amide bonds. The van der Waals surface area contributed by atoms with E-state index >= 15 is 0 Å². The molecule has 94 valence electrons. The fourth-order valence-corrected chi connectivity index (χ4v) is 2.01. The minimum atomic E-state index is -0.0685. The van der Waals surface area contributed by atoms with Gasteiger partial charge in [-0.2, -0.15) is 0 Å². The van der Waals surface area contributed by atoms with Crippen molar-refractivity contribution in [2.45, 2.75) is 6.10 Å². The summed E-state index contributed by atoms with van der Waals surface area (Å²) in [6.07, 6.45) is 1.77. The molecule has 0 bridgehead atoms. The van der Waals surface area contributed by atoms with Crippen LogP contribution < -0.4 is 10.1 Å². The molecule has 0 aliphatic carbocycles. The number of carbonyl (C=O) groups is 1. The number of likely N-dealkylation sites (tertiary alicyclic amines) is 1. The molecule has 1 fully saturated rings. The highest BCUT2D eigenvalue weighted by Crippen LogP contribution is 2.19. The van der Waals surface area contributed by atoms with E-state index in [1.807, 2.05) is 5.38 Å². The number of urea groups is 1. The van der Waals surface area contributed by atoms with Crippen LogP contribution in [0.1, 0.15) is 0 Å². The van der Waals surface area contributed by atoms with Crippen LogP contribution in [0.2, 0.25) is 0 Å². The summed E-state index contributed by atoms with van der Waals surface area (Å²) in [7, 11) is 1.60. The van der Waals surface area contributed by atoms with Gasteiger partial charge in [0.15, 0.2) is 0 Å². The van der Waals surface area contributed by atoms with E-state index in [9.17, 15) is 4.79 Å². The average molecular weight is 257 g/mol. The SMILES string of the molecule is COCCNC(=O)N1CC(Oc2nccs2)C1. The van der Waals surface area contributed by atoms with Crippen LogP contribution in [-0.4, -0.2) is 55.4 Å². The van der Waals surface area contributed by atoms with Crippen LogP contribution in [0.4, 0.5) is 4.79 Å². The van der Waals surface area contributed by atoms with Gasteiger partial charge in [0, 0.05) is 25.2 Å². The maximum atomic E-state index is 11.5. The highest BCUT2D eigenvalue weighted by Gasteiger charge is 2.32. The Labute approximate surface area is 104 Å². The van der Waals surface area contributed by atoms with Crippen molar-refractivity contribution in [1.29, 1.82) is 0 Å². The Hall–Kier alpha value is -1.34. The number of hydrogen-bond donors (Lipinski definition) is 1. The van der Waals surface area contributed by atoms with Gasteiger partial charge in [-0.15, -0.1) is 0 Å². The first kappa shape index (κ1) is 12.1. The maximum Gasteiger partial charge on any atom is 0.317 e. The van der Waals surface area contributed by atoms with Crippen LogP contribution in [0.25, 0.3) is 0 Å². The van der Waals surface area contributed by atoms with Gasteiger partial charge in [-0.25, -0.2) is 9.78 Å². The first-order chi connectivity index (χ1) is 8.29. The van der Waals surface area contributed by atoms with Crippen LogP contribution in [0, 0.1) is 0 Å². The molecule has 1 saturated heterocycles. The van der Waals surface area contributed by atoms with Crippen molar-refractivity contribution >= 4 is 17.4 Å². The third-order valence-corrected chi connectivity index (χ3v) is 3.06. The molecule has 0 spiro atoms. The smallest absolute Gasteiger partial charge is 0.317 e. The van der Waals surface area contributed by atoms with Crippen molar-refractivity contribution in [3.05, 3.63) is 11.6 Å². The van der Waals surface area contributed by atoms with Gasteiger partial charge in [0.2, 0.25) is 0 Å². The molecule has 1 aromatic heterocycles. The molecule has 6 nitrogen and oxygen atoms in total. The van der Waals surface area contributed by atoms with E-state index in [0.29, 0.717) is 31.4 Å². The number of ether oxygens (including phenoxy) is 2.